The number of aliphatic hydroxyl groups excluding tert-OH is 1. The number of aromatic nitrogens is 2. The second-order valence-corrected chi connectivity index (χ2v) is 15.3. The van der Waals surface area contributed by atoms with E-state index in [1.165, 1.54) is 17.7 Å². The highest BCUT2D eigenvalue weighted by atomic mass is 16.6. The van der Waals surface area contributed by atoms with Crippen LogP contribution in [0.15, 0.2) is 41.1 Å². The van der Waals surface area contributed by atoms with E-state index in [-0.39, 0.29) is 37.6 Å². The van der Waals surface area contributed by atoms with Crippen LogP contribution in [0.3, 0.4) is 0 Å². The Labute approximate surface area is 311 Å². The molecule has 2 fully saturated rings. The van der Waals surface area contributed by atoms with Crippen LogP contribution in [-0.4, -0.2) is 99.3 Å². The van der Waals surface area contributed by atoms with Crippen molar-refractivity contribution >= 4 is 29.5 Å². The molecule has 5 heterocycles. The van der Waals surface area contributed by atoms with E-state index in [1.807, 2.05) is 36.1 Å². The molecule has 3 aliphatic heterocycles. The first kappa shape index (κ1) is 37.9. The largest absolute Gasteiger partial charge is 0.486 e. The van der Waals surface area contributed by atoms with Gasteiger partial charge in [-0.1, -0.05) is 6.07 Å². The molecule has 286 valence electrons. The zero-order valence-electron chi connectivity index (χ0n) is 31.5. The van der Waals surface area contributed by atoms with E-state index in [9.17, 15) is 19.5 Å². The molecule has 3 aromatic rings. The van der Waals surface area contributed by atoms with Gasteiger partial charge in [0.2, 0.25) is 5.91 Å². The van der Waals surface area contributed by atoms with Gasteiger partial charge < -0.3 is 39.4 Å². The van der Waals surface area contributed by atoms with Gasteiger partial charge in [0.1, 0.15) is 29.6 Å². The summed E-state index contributed by atoms with van der Waals surface area (Å²) in [6, 6.07) is 8.73. The number of anilines is 2. The summed E-state index contributed by atoms with van der Waals surface area (Å²) in [6.07, 6.45) is 4.98. The first-order valence-corrected chi connectivity index (χ1v) is 18.7. The first-order chi connectivity index (χ1) is 25.3. The maximum absolute atomic E-state index is 13.8. The van der Waals surface area contributed by atoms with Crippen molar-refractivity contribution < 1.29 is 33.4 Å². The van der Waals surface area contributed by atoms with Crippen molar-refractivity contribution in [3.8, 4) is 5.75 Å². The van der Waals surface area contributed by atoms with Crippen LogP contribution >= 0.6 is 0 Å². The summed E-state index contributed by atoms with van der Waals surface area (Å²) < 4.78 is 17.1. The number of carbonyl (C=O) groups excluding carboxylic acids is 3. The number of amides is 3. The molecule has 2 atom stereocenters. The number of aliphatic hydroxyl groups is 1. The van der Waals surface area contributed by atoms with E-state index in [4.69, 9.17) is 18.9 Å². The number of nitrogens with one attached hydrogen (secondary N) is 2. The highest BCUT2D eigenvalue weighted by Crippen LogP contribution is 2.31. The van der Waals surface area contributed by atoms with Gasteiger partial charge in [-0.3, -0.25) is 14.5 Å². The highest BCUT2D eigenvalue weighted by molar-refractivity contribution is 5.95. The molecule has 1 aromatic carbocycles. The molecule has 0 saturated carbocycles. The fraction of sp³-hybridized carbons (Fsp3) is 0.564. The molecule has 2 aromatic heterocycles. The molecule has 53 heavy (non-hydrogen) atoms. The van der Waals surface area contributed by atoms with Crippen molar-refractivity contribution in [3.05, 3.63) is 64.9 Å². The van der Waals surface area contributed by atoms with Crippen LogP contribution in [0.5, 0.6) is 5.75 Å². The topological polar surface area (TPSA) is 163 Å². The van der Waals surface area contributed by atoms with Gasteiger partial charge in [0.05, 0.1) is 17.8 Å². The molecule has 3 N–H and O–H groups in total. The summed E-state index contributed by atoms with van der Waals surface area (Å²) in [5, 5.41) is 18.1. The zero-order valence-corrected chi connectivity index (χ0v) is 31.5. The minimum absolute atomic E-state index is 0.0791. The Kier molecular flexibility index (Phi) is 11.8. The van der Waals surface area contributed by atoms with E-state index >= 15 is 0 Å². The number of aryl methyl sites for hydroxylation is 1. The Bertz CT molecular complexity index is 1760. The predicted octanol–water partition coefficient (Wildman–Crippen LogP) is 4.82. The van der Waals surface area contributed by atoms with Gasteiger partial charge >= 0.3 is 6.09 Å². The van der Waals surface area contributed by atoms with Gasteiger partial charge in [-0.15, -0.1) is 0 Å². The molecule has 6 rings (SSSR count). The Balaban J connectivity index is 1.16. The lowest BCUT2D eigenvalue weighted by molar-refractivity contribution is -0.129. The van der Waals surface area contributed by atoms with Crippen LogP contribution in [-0.2, 0) is 29.1 Å². The number of benzene rings is 1. The number of fused-ring (bicyclic) bond motifs is 1. The molecule has 0 spiro atoms. The summed E-state index contributed by atoms with van der Waals surface area (Å²) >= 11 is 0. The molecular formula is C39H53N7O7. The third-order valence-electron chi connectivity index (χ3n) is 10.2. The van der Waals surface area contributed by atoms with Gasteiger partial charge in [-0.2, -0.15) is 0 Å². The number of pyridine rings is 1. The second kappa shape index (κ2) is 16.4. The van der Waals surface area contributed by atoms with E-state index in [1.54, 1.807) is 33.8 Å². The first-order valence-electron chi connectivity index (χ1n) is 18.7. The third kappa shape index (κ3) is 9.78. The SMILES string of the molecule is CC(=O)N1CCC(Nc2cc(C(=O)NC[C@@H](O)[C@@H]3Cc4ccc(OCc5ocnc5C)cc4CN3C(=O)OC(C)(C)C)cc(N3CCCCC3)n2)CC1. The van der Waals surface area contributed by atoms with Gasteiger partial charge in [0, 0.05) is 57.8 Å². The van der Waals surface area contributed by atoms with E-state index < -0.39 is 23.8 Å². The number of nitrogens with zero attached hydrogens (tertiary/aromatic N) is 5. The Morgan fingerprint density at radius 1 is 1.04 bits per heavy atom. The van der Waals surface area contributed by atoms with Crippen LogP contribution in [0, 0.1) is 6.92 Å². The molecule has 0 aliphatic carbocycles. The van der Waals surface area contributed by atoms with Crippen LogP contribution in [0.2, 0.25) is 0 Å². The minimum Gasteiger partial charge on any atom is -0.486 e. The van der Waals surface area contributed by atoms with Gasteiger partial charge in [0.25, 0.3) is 5.91 Å². The zero-order chi connectivity index (χ0) is 37.7. The quantitative estimate of drug-likeness (QED) is 0.262. The van der Waals surface area contributed by atoms with Crippen LogP contribution in [0.25, 0.3) is 0 Å². The van der Waals surface area contributed by atoms with Crippen LogP contribution in [0.4, 0.5) is 16.4 Å². The van der Waals surface area contributed by atoms with Crippen molar-refractivity contribution in [1.82, 2.24) is 25.1 Å². The number of rotatable bonds is 10. The molecular weight excluding hydrogens is 678 g/mol. The number of piperidine rings is 2. The van der Waals surface area contributed by atoms with Gasteiger partial charge in [-0.25, -0.2) is 14.8 Å². The molecule has 3 amide bonds. The van der Waals surface area contributed by atoms with Gasteiger partial charge in [-0.05, 0) is 102 Å². The second-order valence-electron chi connectivity index (χ2n) is 15.3. The Hall–Kier alpha value is -4.85. The highest BCUT2D eigenvalue weighted by Gasteiger charge is 2.37. The molecule has 0 bridgehead atoms. The van der Waals surface area contributed by atoms with Crippen molar-refractivity contribution in [2.45, 2.75) is 110 Å². The molecule has 0 unspecified atom stereocenters. The van der Waals surface area contributed by atoms with Crippen LogP contribution < -0.4 is 20.3 Å². The maximum Gasteiger partial charge on any atom is 0.410 e. The molecule has 14 nitrogen and oxygen atoms in total. The fourth-order valence-electron chi connectivity index (χ4n) is 7.14. The summed E-state index contributed by atoms with van der Waals surface area (Å²) in [5.74, 6) is 2.34. The van der Waals surface area contributed by atoms with Crippen molar-refractivity contribution in [3.63, 3.8) is 0 Å². The number of likely N-dealkylation sites (tertiary alicyclic amines) is 1. The van der Waals surface area contributed by atoms with E-state index in [0.29, 0.717) is 42.4 Å². The molecule has 2 saturated heterocycles. The average Bonchev–Trinajstić information content (AvgIpc) is 3.56. The average molecular weight is 732 g/mol. The minimum atomic E-state index is -1.09. The van der Waals surface area contributed by atoms with E-state index in [0.717, 1.165) is 61.4 Å². The lowest BCUT2D eigenvalue weighted by Gasteiger charge is -2.40. The Morgan fingerprint density at radius 2 is 1.79 bits per heavy atom. The number of hydrogen-bond donors (Lipinski definition) is 3. The molecule has 0 radical (unpaired) electrons. The smallest absolute Gasteiger partial charge is 0.410 e. The molecule has 14 heteroatoms. The van der Waals surface area contributed by atoms with Crippen molar-refractivity contribution in [2.75, 3.05) is 42.9 Å². The Morgan fingerprint density at radius 3 is 2.47 bits per heavy atom. The standard InChI is InChI=1S/C39H53N7O7/c1-25-34(52-24-41-25)23-51-31-10-9-27-18-32(46(22-29(27)17-31)38(50)53-39(3,4)5)33(48)21-40-37(49)28-19-35(42-30-11-15-44(16-12-30)26(2)47)43-36(20-28)45-13-7-6-8-14-45/h9-10,17,19-20,24,30,32-33,48H,6-8,11-16,18,21-23H2,1-5H3,(H,40,49)(H,42,43)/t32-,33+/m0/s1. The summed E-state index contributed by atoms with van der Waals surface area (Å²) in [6.45, 7) is 12.3. The number of hydrogen-bond acceptors (Lipinski definition) is 11. The third-order valence-corrected chi connectivity index (χ3v) is 10.2. The van der Waals surface area contributed by atoms with Gasteiger partial charge in [0.15, 0.2) is 12.2 Å². The monoisotopic (exact) mass is 731 g/mol. The van der Waals surface area contributed by atoms with Crippen LogP contribution in [0.1, 0.15) is 92.7 Å². The number of ether oxygens (including phenoxy) is 2. The maximum atomic E-state index is 13.8. The lowest BCUT2D eigenvalue weighted by atomic mass is 9.91. The predicted molar refractivity (Wildman–Crippen MR) is 199 cm³/mol. The van der Waals surface area contributed by atoms with E-state index in [2.05, 4.69) is 20.5 Å². The fourth-order valence-corrected chi connectivity index (χ4v) is 7.14. The summed E-state index contributed by atoms with van der Waals surface area (Å²) in [7, 11) is 0. The number of carbonyl (C=O) groups is 3. The van der Waals surface area contributed by atoms with Crippen molar-refractivity contribution in [2.24, 2.45) is 0 Å². The summed E-state index contributed by atoms with van der Waals surface area (Å²) in [4.78, 5) is 53.8. The lowest BCUT2D eigenvalue weighted by Crippen LogP contribution is -2.54. The number of oxazole rings is 1. The molecule has 3 aliphatic rings. The normalized spacial score (nSPS) is 18.6. The summed E-state index contributed by atoms with van der Waals surface area (Å²) in [5.41, 5.74) is 2.29. The van der Waals surface area contributed by atoms with Crippen molar-refractivity contribution in [1.29, 1.82) is 0 Å².